The molecule has 3 saturated heterocycles. The number of likely N-dealkylation sites (N-methyl/N-ethyl adjacent to an activating group) is 1. The highest BCUT2D eigenvalue weighted by molar-refractivity contribution is 5.64. The molecule has 0 saturated carbocycles. The maximum absolute atomic E-state index is 5.76. The van der Waals surface area contributed by atoms with Crippen molar-refractivity contribution in [1.29, 1.82) is 0 Å². The first-order valence-electron chi connectivity index (χ1n) is 9.44. The summed E-state index contributed by atoms with van der Waals surface area (Å²) in [6, 6.07) is 2.44. The minimum absolute atomic E-state index is 0.265. The number of nitrogens with two attached hydrogens (primary N) is 1. The predicted molar refractivity (Wildman–Crippen MR) is 103 cm³/mol. The molecule has 2 aromatic rings. The van der Waals surface area contributed by atoms with Crippen LogP contribution in [0.15, 0.2) is 18.5 Å². The number of fused-ring (bicyclic) bond motifs is 2. The van der Waals surface area contributed by atoms with Crippen molar-refractivity contribution in [1.82, 2.24) is 24.8 Å². The van der Waals surface area contributed by atoms with Crippen LogP contribution in [0.4, 0.5) is 17.7 Å². The first-order valence-corrected chi connectivity index (χ1v) is 9.44. The van der Waals surface area contributed by atoms with E-state index in [-0.39, 0.29) is 5.95 Å². The first-order chi connectivity index (χ1) is 13.2. The Bertz CT molecular complexity index is 821. The largest absolute Gasteiger partial charge is 0.374 e. The van der Waals surface area contributed by atoms with Gasteiger partial charge in [0.2, 0.25) is 11.9 Å². The van der Waals surface area contributed by atoms with Gasteiger partial charge in [-0.1, -0.05) is 0 Å². The summed E-state index contributed by atoms with van der Waals surface area (Å²) < 4.78 is 5.76. The number of morpholine rings is 1. The van der Waals surface area contributed by atoms with Crippen molar-refractivity contribution >= 4 is 17.7 Å². The fourth-order valence-electron chi connectivity index (χ4n) is 4.02. The average Bonchev–Trinajstić information content (AvgIpc) is 3.32. The molecule has 3 fully saturated rings. The number of piperazine rings is 1. The van der Waals surface area contributed by atoms with Crippen LogP contribution in [0.1, 0.15) is 6.42 Å². The van der Waals surface area contributed by atoms with Crippen molar-refractivity contribution in [2.45, 2.75) is 18.6 Å². The molecule has 27 heavy (non-hydrogen) atoms. The summed E-state index contributed by atoms with van der Waals surface area (Å²) in [6.45, 7) is 5.53. The SMILES string of the molecule is CN1CCN(c2nc(-c3cnc(N)nc3)cc(N3C[C@@H]4C[C@H]3CO4)n2)CC1. The van der Waals surface area contributed by atoms with E-state index in [1.54, 1.807) is 12.4 Å². The molecule has 5 heterocycles. The number of nitrogen functional groups attached to an aromatic ring is 1. The molecule has 5 rings (SSSR count). The second kappa shape index (κ2) is 6.58. The van der Waals surface area contributed by atoms with Crippen LogP contribution in [0, 0.1) is 0 Å². The van der Waals surface area contributed by atoms with Crippen LogP contribution in [-0.4, -0.2) is 83.4 Å². The molecule has 0 radical (unpaired) electrons. The van der Waals surface area contributed by atoms with Crippen LogP contribution in [0.3, 0.4) is 0 Å². The lowest BCUT2D eigenvalue weighted by atomic mass is 10.2. The lowest BCUT2D eigenvalue weighted by Crippen LogP contribution is -2.45. The summed E-state index contributed by atoms with van der Waals surface area (Å²) in [7, 11) is 2.15. The zero-order valence-corrected chi connectivity index (χ0v) is 15.5. The molecule has 142 valence electrons. The zero-order chi connectivity index (χ0) is 18.4. The minimum Gasteiger partial charge on any atom is -0.374 e. The third-order valence-corrected chi connectivity index (χ3v) is 5.65. The molecule has 3 aliphatic rings. The zero-order valence-electron chi connectivity index (χ0n) is 15.5. The fourth-order valence-corrected chi connectivity index (χ4v) is 4.02. The topological polar surface area (TPSA) is 96.5 Å². The van der Waals surface area contributed by atoms with E-state index in [0.717, 1.165) is 68.8 Å². The Kier molecular flexibility index (Phi) is 4.05. The number of ether oxygens (including phenoxy) is 1. The second-order valence-corrected chi connectivity index (χ2v) is 7.53. The van der Waals surface area contributed by atoms with E-state index < -0.39 is 0 Å². The van der Waals surface area contributed by atoms with Crippen LogP contribution in [-0.2, 0) is 4.74 Å². The van der Waals surface area contributed by atoms with E-state index in [9.17, 15) is 0 Å². The predicted octanol–water partition coefficient (Wildman–Crippen LogP) is 0.245. The molecular formula is C18H24N8O. The fraction of sp³-hybridized carbons (Fsp3) is 0.556. The Morgan fingerprint density at radius 3 is 2.56 bits per heavy atom. The summed E-state index contributed by atoms with van der Waals surface area (Å²) in [5, 5.41) is 0. The van der Waals surface area contributed by atoms with Gasteiger partial charge in [0.1, 0.15) is 5.82 Å². The molecule has 0 amide bonds. The molecule has 0 unspecified atom stereocenters. The lowest BCUT2D eigenvalue weighted by Gasteiger charge is -2.34. The molecule has 2 N–H and O–H groups in total. The Labute approximate surface area is 158 Å². The van der Waals surface area contributed by atoms with Crippen molar-refractivity contribution in [2.24, 2.45) is 0 Å². The highest BCUT2D eigenvalue weighted by atomic mass is 16.5. The molecular weight excluding hydrogens is 344 g/mol. The molecule has 0 aromatic carbocycles. The number of nitrogens with zero attached hydrogens (tertiary/aromatic N) is 7. The van der Waals surface area contributed by atoms with Gasteiger partial charge in [-0.15, -0.1) is 0 Å². The van der Waals surface area contributed by atoms with Gasteiger partial charge in [-0.3, -0.25) is 0 Å². The molecule has 2 atom stereocenters. The Balaban J connectivity index is 1.53. The van der Waals surface area contributed by atoms with E-state index in [4.69, 9.17) is 20.4 Å². The van der Waals surface area contributed by atoms with Crippen LogP contribution >= 0.6 is 0 Å². The highest BCUT2D eigenvalue weighted by Gasteiger charge is 2.40. The molecule has 0 spiro atoms. The standard InChI is InChI=1S/C18H24N8O/c1-24-2-4-25(5-3-24)18-22-15(12-8-20-17(19)21-9-12)7-16(23-18)26-10-14-6-13(26)11-27-14/h7-9,13-14H,2-6,10-11H2,1H3,(H2,19,20,21)/t13-,14-/m0/s1. The minimum atomic E-state index is 0.265. The summed E-state index contributed by atoms with van der Waals surface area (Å²) in [6.07, 6.45) is 4.84. The Hall–Kier alpha value is -2.52. The van der Waals surface area contributed by atoms with E-state index >= 15 is 0 Å². The lowest BCUT2D eigenvalue weighted by molar-refractivity contribution is 0.0989. The Morgan fingerprint density at radius 1 is 1.11 bits per heavy atom. The van der Waals surface area contributed by atoms with Gasteiger partial charge in [-0.25, -0.2) is 15.0 Å². The molecule has 9 heteroatoms. The molecule has 9 nitrogen and oxygen atoms in total. The maximum atomic E-state index is 5.76. The van der Waals surface area contributed by atoms with Gasteiger partial charge in [-0.2, -0.15) is 4.98 Å². The summed E-state index contributed by atoms with van der Waals surface area (Å²) >= 11 is 0. The summed E-state index contributed by atoms with van der Waals surface area (Å²) in [5.74, 6) is 2.00. The number of hydrogen-bond donors (Lipinski definition) is 1. The van der Waals surface area contributed by atoms with E-state index in [1.807, 2.05) is 6.07 Å². The molecule has 3 aliphatic heterocycles. The van der Waals surface area contributed by atoms with Crippen LogP contribution in [0.2, 0.25) is 0 Å². The van der Waals surface area contributed by atoms with Crippen molar-refractivity contribution in [3.05, 3.63) is 18.5 Å². The van der Waals surface area contributed by atoms with Gasteiger partial charge in [0.05, 0.1) is 24.4 Å². The number of anilines is 3. The normalized spacial score (nSPS) is 25.4. The van der Waals surface area contributed by atoms with Crippen LogP contribution < -0.4 is 15.5 Å². The van der Waals surface area contributed by atoms with Crippen molar-refractivity contribution in [3.8, 4) is 11.3 Å². The monoisotopic (exact) mass is 368 g/mol. The number of hydrogen-bond acceptors (Lipinski definition) is 9. The van der Waals surface area contributed by atoms with E-state index in [2.05, 4.69) is 31.7 Å². The third-order valence-electron chi connectivity index (χ3n) is 5.65. The highest BCUT2D eigenvalue weighted by Crippen LogP contribution is 2.34. The van der Waals surface area contributed by atoms with Crippen molar-refractivity contribution < 1.29 is 4.74 Å². The maximum Gasteiger partial charge on any atom is 0.227 e. The summed E-state index contributed by atoms with van der Waals surface area (Å²) in [5.41, 5.74) is 7.33. The van der Waals surface area contributed by atoms with Crippen LogP contribution in [0.25, 0.3) is 11.3 Å². The van der Waals surface area contributed by atoms with Crippen molar-refractivity contribution in [3.63, 3.8) is 0 Å². The number of aromatic nitrogens is 4. The van der Waals surface area contributed by atoms with E-state index in [1.165, 1.54) is 0 Å². The second-order valence-electron chi connectivity index (χ2n) is 7.53. The quantitative estimate of drug-likeness (QED) is 0.817. The Morgan fingerprint density at radius 2 is 1.89 bits per heavy atom. The van der Waals surface area contributed by atoms with Gasteiger partial charge < -0.3 is 25.2 Å². The van der Waals surface area contributed by atoms with Gasteiger partial charge in [0.25, 0.3) is 0 Å². The molecule has 0 aliphatic carbocycles. The van der Waals surface area contributed by atoms with Crippen LogP contribution in [0.5, 0.6) is 0 Å². The third kappa shape index (κ3) is 3.17. The molecule has 2 bridgehead atoms. The van der Waals surface area contributed by atoms with Gasteiger partial charge in [-0.05, 0) is 13.5 Å². The smallest absolute Gasteiger partial charge is 0.227 e. The van der Waals surface area contributed by atoms with Gasteiger partial charge in [0, 0.05) is 56.7 Å². The van der Waals surface area contributed by atoms with Crippen molar-refractivity contribution in [2.75, 3.05) is 61.9 Å². The van der Waals surface area contributed by atoms with Gasteiger partial charge >= 0.3 is 0 Å². The first kappa shape index (κ1) is 16.6. The molecule has 2 aromatic heterocycles. The average molecular weight is 368 g/mol. The van der Waals surface area contributed by atoms with E-state index in [0.29, 0.717) is 12.1 Å². The summed E-state index contributed by atoms with van der Waals surface area (Å²) in [4.78, 5) is 25.0. The van der Waals surface area contributed by atoms with Gasteiger partial charge in [0.15, 0.2) is 0 Å². The number of rotatable bonds is 3.